The second-order valence-electron chi connectivity index (χ2n) is 6.07. The molecule has 29 heavy (non-hydrogen) atoms. The summed E-state index contributed by atoms with van der Waals surface area (Å²) >= 11 is 3.39. The van der Waals surface area contributed by atoms with Crippen LogP contribution in [-0.4, -0.2) is 41.7 Å². The van der Waals surface area contributed by atoms with Crippen molar-refractivity contribution in [1.29, 1.82) is 0 Å². The van der Waals surface area contributed by atoms with Crippen molar-refractivity contribution in [2.75, 3.05) is 20.8 Å². The van der Waals surface area contributed by atoms with E-state index in [-0.39, 0.29) is 12.5 Å². The standard InChI is InChI=1S/C21H20BrN3O4/c1-4-10-25(21(26)15-6-5-7-16(22)11-15)13-19-23-20(24-29-19)14-8-9-17(27-2)18(12-14)28-3/h4-9,11-12H,1,10,13H2,2-3H3. The highest BCUT2D eigenvalue weighted by atomic mass is 79.9. The Morgan fingerprint density at radius 1 is 1.21 bits per heavy atom. The maximum atomic E-state index is 12.9. The zero-order chi connectivity index (χ0) is 20.8. The predicted octanol–water partition coefficient (Wildman–Crippen LogP) is 4.34. The molecule has 0 radical (unpaired) electrons. The molecule has 0 aliphatic carbocycles. The van der Waals surface area contributed by atoms with Crippen LogP contribution in [0.4, 0.5) is 0 Å². The fraction of sp³-hybridized carbons (Fsp3) is 0.190. The number of methoxy groups -OCH3 is 2. The van der Waals surface area contributed by atoms with E-state index >= 15 is 0 Å². The molecular weight excluding hydrogens is 438 g/mol. The molecule has 0 fully saturated rings. The van der Waals surface area contributed by atoms with E-state index in [0.717, 1.165) is 4.47 Å². The van der Waals surface area contributed by atoms with Gasteiger partial charge in [-0.1, -0.05) is 33.2 Å². The Balaban J connectivity index is 1.81. The van der Waals surface area contributed by atoms with Crippen molar-refractivity contribution in [3.8, 4) is 22.9 Å². The quantitative estimate of drug-likeness (QED) is 0.468. The maximum Gasteiger partial charge on any atom is 0.254 e. The normalized spacial score (nSPS) is 10.4. The molecule has 150 valence electrons. The Hall–Kier alpha value is -3.13. The summed E-state index contributed by atoms with van der Waals surface area (Å²) < 4.78 is 16.7. The van der Waals surface area contributed by atoms with Crippen LogP contribution in [0, 0.1) is 0 Å². The number of hydrogen-bond donors (Lipinski definition) is 0. The van der Waals surface area contributed by atoms with Gasteiger partial charge in [-0.05, 0) is 36.4 Å². The number of hydrogen-bond acceptors (Lipinski definition) is 6. The first kappa shape index (κ1) is 20.6. The van der Waals surface area contributed by atoms with E-state index in [2.05, 4.69) is 32.6 Å². The van der Waals surface area contributed by atoms with Crippen molar-refractivity contribution in [1.82, 2.24) is 15.0 Å². The molecule has 0 saturated heterocycles. The fourth-order valence-corrected chi connectivity index (χ4v) is 3.15. The summed E-state index contributed by atoms with van der Waals surface area (Å²) in [5, 5.41) is 4.02. The van der Waals surface area contributed by atoms with E-state index in [1.54, 1.807) is 49.5 Å². The van der Waals surface area contributed by atoms with Gasteiger partial charge in [0.25, 0.3) is 5.91 Å². The minimum absolute atomic E-state index is 0.155. The first-order valence-corrected chi connectivity index (χ1v) is 9.55. The van der Waals surface area contributed by atoms with Gasteiger partial charge >= 0.3 is 0 Å². The molecule has 0 spiro atoms. The van der Waals surface area contributed by atoms with Crippen LogP contribution in [-0.2, 0) is 6.54 Å². The Labute approximate surface area is 177 Å². The molecule has 0 N–H and O–H groups in total. The van der Waals surface area contributed by atoms with Crippen molar-refractivity contribution in [3.63, 3.8) is 0 Å². The van der Waals surface area contributed by atoms with E-state index in [1.165, 1.54) is 0 Å². The number of carbonyl (C=O) groups excluding carboxylic acids is 1. The summed E-state index contributed by atoms with van der Waals surface area (Å²) in [6, 6.07) is 12.5. The number of benzene rings is 2. The van der Waals surface area contributed by atoms with E-state index in [1.807, 2.05) is 18.2 Å². The van der Waals surface area contributed by atoms with Gasteiger partial charge in [-0.3, -0.25) is 4.79 Å². The highest BCUT2D eigenvalue weighted by Crippen LogP contribution is 2.31. The lowest BCUT2D eigenvalue weighted by Gasteiger charge is -2.19. The van der Waals surface area contributed by atoms with Gasteiger partial charge in [-0.15, -0.1) is 6.58 Å². The Morgan fingerprint density at radius 2 is 2.00 bits per heavy atom. The van der Waals surface area contributed by atoms with E-state index in [9.17, 15) is 4.79 Å². The average Bonchev–Trinajstić information content (AvgIpc) is 3.21. The van der Waals surface area contributed by atoms with Crippen LogP contribution in [0.25, 0.3) is 11.4 Å². The topological polar surface area (TPSA) is 77.7 Å². The van der Waals surface area contributed by atoms with E-state index in [0.29, 0.717) is 40.9 Å². The summed E-state index contributed by atoms with van der Waals surface area (Å²) in [5.41, 5.74) is 1.27. The van der Waals surface area contributed by atoms with Crippen molar-refractivity contribution < 1.29 is 18.8 Å². The molecule has 7 nitrogen and oxygen atoms in total. The molecule has 0 unspecified atom stereocenters. The lowest BCUT2D eigenvalue weighted by Crippen LogP contribution is -2.30. The molecule has 2 aromatic carbocycles. The average molecular weight is 458 g/mol. The third-order valence-corrected chi connectivity index (χ3v) is 4.64. The minimum Gasteiger partial charge on any atom is -0.493 e. The number of halogens is 1. The lowest BCUT2D eigenvalue weighted by atomic mass is 10.2. The number of amides is 1. The Bertz CT molecular complexity index is 1020. The molecule has 8 heteroatoms. The molecular formula is C21H20BrN3O4. The minimum atomic E-state index is -0.155. The molecule has 1 heterocycles. The fourth-order valence-electron chi connectivity index (χ4n) is 2.75. The number of ether oxygens (including phenoxy) is 2. The van der Waals surface area contributed by atoms with Gasteiger partial charge in [0.2, 0.25) is 11.7 Å². The zero-order valence-corrected chi connectivity index (χ0v) is 17.7. The summed E-state index contributed by atoms with van der Waals surface area (Å²) in [5.74, 6) is 1.73. The summed E-state index contributed by atoms with van der Waals surface area (Å²) in [6.07, 6.45) is 1.65. The zero-order valence-electron chi connectivity index (χ0n) is 16.1. The third-order valence-electron chi connectivity index (χ3n) is 4.14. The Morgan fingerprint density at radius 3 is 2.69 bits per heavy atom. The van der Waals surface area contributed by atoms with E-state index < -0.39 is 0 Å². The van der Waals surface area contributed by atoms with Gasteiger partial charge in [0.1, 0.15) is 6.54 Å². The summed E-state index contributed by atoms with van der Waals surface area (Å²) in [4.78, 5) is 18.9. The van der Waals surface area contributed by atoms with Crippen LogP contribution >= 0.6 is 15.9 Å². The van der Waals surface area contributed by atoms with Gasteiger partial charge in [-0.2, -0.15) is 4.98 Å². The largest absolute Gasteiger partial charge is 0.493 e. The lowest BCUT2D eigenvalue weighted by molar-refractivity contribution is 0.0745. The van der Waals surface area contributed by atoms with Crippen LogP contribution in [0.5, 0.6) is 11.5 Å². The molecule has 0 atom stereocenters. The molecule has 1 amide bonds. The SMILES string of the molecule is C=CCN(Cc1nc(-c2ccc(OC)c(OC)c2)no1)C(=O)c1cccc(Br)c1. The van der Waals surface area contributed by atoms with Gasteiger partial charge in [0.05, 0.1) is 14.2 Å². The molecule has 0 aliphatic rings. The molecule has 1 aromatic heterocycles. The number of nitrogens with zero attached hydrogens (tertiary/aromatic N) is 3. The molecule has 3 aromatic rings. The highest BCUT2D eigenvalue weighted by molar-refractivity contribution is 9.10. The van der Waals surface area contributed by atoms with Crippen molar-refractivity contribution in [2.24, 2.45) is 0 Å². The van der Waals surface area contributed by atoms with Crippen LogP contribution in [0.2, 0.25) is 0 Å². The number of rotatable bonds is 8. The van der Waals surface area contributed by atoms with Crippen molar-refractivity contribution in [2.45, 2.75) is 6.54 Å². The van der Waals surface area contributed by atoms with Crippen LogP contribution in [0.1, 0.15) is 16.2 Å². The maximum absolute atomic E-state index is 12.9. The van der Waals surface area contributed by atoms with E-state index in [4.69, 9.17) is 14.0 Å². The molecule has 0 saturated carbocycles. The molecule has 3 rings (SSSR count). The van der Waals surface area contributed by atoms with Crippen molar-refractivity contribution >= 4 is 21.8 Å². The van der Waals surface area contributed by atoms with Gasteiger partial charge in [-0.25, -0.2) is 0 Å². The van der Waals surface area contributed by atoms with Crippen molar-refractivity contribution in [3.05, 3.63) is 71.0 Å². The second-order valence-corrected chi connectivity index (χ2v) is 6.98. The van der Waals surface area contributed by atoms with Gasteiger partial charge in [0, 0.05) is 22.1 Å². The Kier molecular flexibility index (Phi) is 6.66. The third kappa shape index (κ3) is 4.83. The highest BCUT2D eigenvalue weighted by Gasteiger charge is 2.19. The molecule has 0 aliphatic heterocycles. The van der Waals surface area contributed by atoms with Crippen LogP contribution in [0.15, 0.2) is 64.1 Å². The first-order chi connectivity index (χ1) is 14.0. The number of aromatic nitrogens is 2. The summed E-state index contributed by atoms with van der Waals surface area (Å²) in [7, 11) is 3.13. The van der Waals surface area contributed by atoms with Gasteiger partial charge in [0.15, 0.2) is 11.5 Å². The molecule has 0 bridgehead atoms. The van der Waals surface area contributed by atoms with Crippen LogP contribution < -0.4 is 9.47 Å². The first-order valence-electron chi connectivity index (χ1n) is 8.76. The van der Waals surface area contributed by atoms with Crippen LogP contribution in [0.3, 0.4) is 0 Å². The smallest absolute Gasteiger partial charge is 0.254 e. The van der Waals surface area contributed by atoms with Gasteiger partial charge < -0.3 is 18.9 Å². The monoisotopic (exact) mass is 457 g/mol. The summed E-state index contributed by atoms with van der Waals surface area (Å²) in [6.45, 7) is 4.24. The number of carbonyl (C=O) groups is 1. The predicted molar refractivity (Wildman–Crippen MR) is 112 cm³/mol. The second kappa shape index (κ2) is 9.38.